The van der Waals surface area contributed by atoms with Crippen LogP contribution < -0.4 is 4.90 Å². The summed E-state index contributed by atoms with van der Waals surface area (Å²) in [6.45, 7) is 11.9. The maximum atomic E-state index is 14.1. The van der Waals surface area contributed by atoms with Crippen LogP contribution in [0.4, 0.5) is 5.69 Å². The summed E-state index contributed by atoms with van der Waals surface area (Å²) >= 11 is 1.20. The van der Waals surface area contributed by atoms with Gasteiger partial charge in [-0.3, -0.25) is 14.5 Å². The monoisotopic (exact) mass is 514 g/mol. The number of methoxy groups -OCH3 is 1. The van der Waals surface area contributed by atoms with E-state index in [1.54, 1.807) is 15.9 Å². The van der Waals surface area contributed by atoms with Gasteiger partial charge in [-0.1, -0.05) is 30.4 Å². The molecule has 1 saturated heterocycles. The summed E-state index contributed by atoms with van der Waals surface area (Å²) < 4.78 is 10.5. The number of hydrogen-bond acceptors (Lipinski definition) is 6. The third-order valence-corrected chi connectivity index (χ3v) is 7.45. The molecular formula is C28H38N2O5S. The molecule has 1 fully saturated rings. The first-order valence-corrected chi connectivity index (χ1v) is 13.5. The summed E-state index contributed by atoms with van der Waals surface area (Å²) in [5, 5.41) is 0. The molecule has 2 aliphatic rings. The average Bonchev–Trinajstić information content (AvgIpc) is 3.29. The number of carbonyl (C=O) groups excluding carboxylic acids is 3. The van der Waals surface area contributed by atoms with Crippen LogP contribution in [0.1, 0.15) is 74.9 Å². The average molecular weight is 515 g/mol. The number of allylic oxidation sites excluding steroid dienone is 2. The maximum Gasteiger partial charge on any atom is 0.350 e. The van der Waals surface area contributed by atoms with E-state index in [9.17, 15) is 14.4 Å². The van der Waals surface area contributed by atoms with Crippen molar-refractivity contribution in [3.63, 3.8) is 0 Å². The molecule has 2 amide bonds. The molecule has 3 rings (SSSR count). The van der Waals surface area contributed by atoms with Crippen molar-refractivity contribution in [2.75, 3.05) is 38.3 Å². The van der Waals surface area contributed by atoms with E-state index in [2.05, 4.69) is 24.8 Å². The van der Waals surface area contributed by atoms with E-state index in [0.29, 0.717) is 61.0 Å². The van der Waals surface area contributed by atoms with Crippen LogP contribution in [0, 0.1) is 23.2 Å². The fourth-order valence-electron chi connectivity index (χ4n) is 4.40. The molecule has 0 N–H and O–H groups in total. The minimum atomic E-state index is -0.732. The molecule has 2 atom stereocenters. The SMILES string of the molecule is CC[C@@H](C(=O)N1CCOCC1)N(C(=O)[C@@H]1CC=C(C)CC1)c1cc(C#CC(C)(C)C)sc1C(=O)OC. The zero-order valence-electron chi connectivity index (χ0n) is 22.3. The van der Waals surface area contributed by atoms with Crippen molar-refractivity contribution in [1.82, 2.24) is 4.90 Å². The first kappa shape index (κ1) is 27.9. The highest BCUT2D eigenvalue weighted by Gasteiger charge is 2.39. The molecule has 8 heteroatoms. The van der Waals surface area contributed by atoms with E-state index in [-0.39, 0.29) is 23.1 Å². The molecule has 2 heterocycles. The topological polar surface area (TPSA) is 76.2 Å². The van der Waals surface area contributed by atoms with Crippen molar-refractivity contribution >= 4 is 34.8 Å². The molecular weight excluding hydrogens is 476 g/mol. The first-order valence-electron chi connectivity index (χ1n) is 12.7. The quantitative estimate of drug-likeness (QED) is 0.314. The third kappa shape index (κ3) is 6.77. The fourth-order valence-corrected chi connectivity index (χ4v) is 5.32. The summed E-state index contributed by atoms with van der Waals surface area (Å²) in [6, 6.07) is 1.04. The minimum Gasteiger partial charge on any atom is -0.465 e. The van der Waals surface area contributed by atoms with Gasteiger partial charge in [0.25, 0.3) is 0 Å². The second-order valence-electron chi connectivity index (χ2n) is 10.4. The van der Waals surface area contributed by atoms with E-state index >= 15 is 0 Å². The van der Waals surface area contributed by atoms with Gasteiger partial charge in [0.1, 0.15) is 10.9 Å². The second-order valence-corrected chi connectivity index (χ2v) is 11.5. The van der Waals surface area contributed by atoms with E-state index < -0.39 is 12.0 Å². The van der Waals surface area contributed by atoms with Gasteiger partial charge < -0.3 is 14.4 Å². The summed E-state index contributed by atoms with van der Waals surface area (Å²) in [7, 11) is 1.32. The molecule has 1 aromatic heterocycles. The highest BCUT2D eigenvalue weighted by molar-refractivity contribution is 7.15. The van der Waals surface area contributed by atoms with Crippen LogP contribution in [0.3, 0.4) is 0 Å². The lowest BCUT2D eigenvalue weighted by Gasteiger charge is -2.37. The predicted molar refractivity (Wildman–Crippen MR) is 142 cm³/mol. The lowest BCUT2D eigenvalue weighted by atomic mass is 9.88. The highest BCUT2D eigenvalue weighted by Crippen LogP contribution is 2.36. The van der Waals surface area contributed by atoms with Crippen LogP contribution >= 0.6 is 11.3 Å². The number of hydrogen-bond donors (Lipinski definition) is 0. The van der Waals surface area contributed by atoms with Gasteiger partial charge in [0.2, 0.25) is 11.8 Å². The Kier molecular flexibility index (Phi) is 9.37. The van der Waals surface area contributed by atoms with Crippen LogP contribution in [0.5, 0.6) is 0 Å². The van der Waals surface area contributed by atoms with Crippen molar-refractivity contribution in [2.45, 2.75) is 66.3 Å². The van der Waals surface area contributed by atoms with E-state index in [0.717, 1.165) is 6.42 Å². The van der Waals surface area contributed by atoms with Gasteiger partial charge in [0.15, 0.2) is 0 Å². The van der Waals surface area contributed by atoms with Crippen molar-refractivity contribution in [3.8, 4) is 11.8 Å². The Balaban J connectivity index is 2.11. The molecule has 0 spiro atoms. The summed E-state index contributed by atoms with van der Waals surface area (Å²) in [5.74, 6) is 5.30. The number of morpholine rings is 1. The molecule has 1 aliphatic carbocycles. The van der Waals surface area contributed by atoms with Crippen molar-refractivity contribution < 1.29 is 23.9 Å². The highest BCUT2D eigenvalue weighted by atomic mass is 32.1. The molecule has 0 radical (unpaired) electrons. The van der Waals surface area contributed by atoms with Crippen molar-refractivity contribution in [2.24, 2.45) is 11.3 Å². The van der Waals surface area contributed by atoms with Crippen LogP contribution in [-0.2, 0) is 19.1 Å². The smallest absolute Gasteiger partial charge is 0.350 e. The first-order chi connectivity index (χ1) is 17.1. The number of anilines is 1. The minimum absolute atomic E-state index is 0.124. The molecule has 7 nitrogen and oxygen atoms in total. The summed E-state index contributed by atoms with van der Waals surface area (Å²) in [4.78, 5) is 45.0. The summed E-state index contributed by atoms with van der Waals surface area (Å²) in [6.07, 6.45) is 4.70. The van der Waals surface area contributed by atoms with Gasteiger partial charge >= 0.3 is 5.97 Å². The van der Waals surface area contributed by atoms with Crippen molar-refractivity contribution in [1.29, 1.82) is 0 Å². The molecule has 36 heavy (non-hydrogen) atoms. The number of esters is 1. The normalized spacial score (nSPS) is 19.0. The molecule has 1 aliphatic heterocycles. The van der Waals surface area contributed by atoms with Gasteiger partial charge in [-0.2, -0.15) is 0 Å². The molecule has 0 aromatic carbocycles. The molecule has 0 unspecified atom stereocenters. The Hall–Kier alpha value is -2.63. The van der Waals surface area contributed by atoms with Gasteiger partial charge in [-0.15, -0.1) is 11.3 Å². The number of thiophene rings is 1. The second kappa shape index (κ2) is 12.1. The van der Waals surface area contributed by atoms with Crippen molar-refractivity contribution in [3.05, 3.63) is 27.5 Å². The predicted octanol–water partition coefficient (Wildman–Crippen LogP) is 4.65. The fraction of sp³-hybridized carbons (Fsp3) is 0.607. The molecule has 196 valence electrons. The lowest BCUT2D eigenvalue weighted by molar-refractivity contribution is -0.138. The number of rotatable bonds is 6. The molecule has 0 saturated carbocycles. The Morgan fingerprint density at radius 2 is 1.97 bits per heavy atom. The standard InChI is InChI=1S/C28H38N2O5S/c1-7-22(26(32)29-14-16-35-17-15-29)30(25(31)20-10-8-19(2)9-11-20)23-18-21(12-13-28(3,4)5)36-24(23)27(33)34-6/h8,18,20,22H,7,9-11,14-17H2,1-6H3/t20-,22+/m1/s1. The Labute approximate surface area is 218 Å². The summed E-state index contributed by atoms with van der Waals surface area (Å²) in [5.41, 5.74) is 1.46. The zero-order chi connectivity index (χ0) is 26.5. The van der Waals surface area contributed by atoms with E-state index in [1.165, 1.54) is 24.0 Å². The molecule has 0 bridgehead atoms. The van der Waals surface area contributed by atoms with Gasteiger partial charge in [0, 0.05) is 24.4 Å². The molecule has 1 aromatic rings. The third-order valence-electron chi connectivity index (χ3n) is 6.43. The number of nitrogens with zero attached hydrogens (tertiary/aromatic N) is 2. The van der Waals surface area contributed by atoms with E-state index in [1.807, 2.05) is 27.7 Å². The van der Waals surface area contributed by atoms with Gasteiger partial charge in [-0.05, 0) is 59.4 Å². The number of amides is 2. The van der Waals surface area contributed by atoms with Crippen LogP contribution in [-0.4, -0.2) is 62.1 Å². The van der Waals surface area contributed by atoms with Gasteiger partial charge in [0.05, 0.1) is 30.9 Å². The van der Waals surface area contributed by atoms with Crippen LogP contribution in [0.25, 0.3) is 0 Å². The van der Waals surface area contributed by atoms with Gasteiger partial charge in [-0.25, -0.2) is 4.79 Å². The van der Waals surface area contributed by atoms with Crippen LogP contribution in [0.15, 0.2) is 17.7 Å². The number of ether oxygens (including phenoxy) is 2. The lowest BCUT2D eigenvalue weighted by Crippen LogP contribution is -2.55. The Morgan fingerprint density at radius 1 is 1.28 bits per heavy atom. The maximum absolute atomic E-state index is 14.1. The number of carbonyl (C=O) groups is 3. The van der Waals surface area contributed by atoms with E-state index in [4.69, 9.17) is 9.47 Å². The Bertz CT molecular complexity index is 1070. The Morgan fingerprint density at radius 3 is 2.53 bits per heavy atom. The largest absolute Gasteiger partial charge is 0.465 e. The van der Waals surface area contributed by atoms with Crippen LogP contribution in [0.2, 0.25) is 0 Å². The zero-order valence-corrected chi connectivity index (χ0v) is 23.1.